The molecule has 3 fully saturated rings. The highest BCUT2D eigenvalue weighted by Gasteiger charge is 2.49. The van der Waals surface area contributed by atoms with Crippen LogP contribution in [0.1, 0.15) is 32.1 Å². The fraction of sp³-hybridized carbons (Fsp3) is 1.00. The van der Waals surface area contributed by atoms with Crippen LogP contribution in [0.4, 0.5) is 13.2 Å². The summed E-state index contributed by atoms with van der Waals surface area (Å²) in [5.74, 6) is 0.710. The maximum Gasteiger partial charge on any atom is 0.511 e. The standard InChI is InChI=1S/C14H24F3N3O2S.ClH/c15-14(16,17)23(21,22)19-12-1-4-13(5-2-12)9-20(10-13)8-11-3-6-18-7-11;/h11-12,18-19H,1-10H2;1H/t11-;/m1./s1. The molecule has 24 heavy (non-hydrogen) atoms. The van der Waals surface area contributed by atoms with Gasteiger partial charge in [-0.3, -0.25) is 0 Å². The van der Waals surface area contributed by atoms with Crippen LogP contribution < -0.4 is 10.0 Å². The molecule has 0 aromatic carbocycles. The van der Waals surface area contributed by atoms with E-state index in [0.29, 0.717) is 18.8 Å². The van der Waals surface area contributed by atoms with Crippen molar-refractivity contribution in [2.75, 3.05) is 32.7 Å². The lowest BCUT2D eigenvalue weighted by Crippen LogP contribution is -2.60. The van der Waals surface area contributed by atoms with Crippen LogP contribution in [0.5, 0.6) is 0 Å². The Morgan fingerprint density at radius 3 is 2.29 bits per heavy atom. The number of likely N-dealkylation sites (tertiary alicyclic amines) is 1. The molecule has 142 valence electrons. The molecule has 0 aromatic rings. The van der Waals surface area contributed by atoms with Crippen molar-refractivity contribution in [3.05, 3.63) is 0 Å². The zero-order chi connectivity index (χ0) is 16.7. The molecule has 1 saturated carbocycles. The third-order valence-corrected chi connectivity index (χ3v) is 6.72. The molecule has 2 saturated heterocycles. The van der Waals surface area contributed by atoms with Crippen LogP contribution in [0.2, 0.25) is 0 Å². The molecule has 1 spiro atoms. The van der Waals surface area contributed by atoms with Gasteiger partial charge in [0.2, 0.25) is 0 Å². The van der Waals surface area contributed by atoms with Gasteiger partial charge in [0.05, 0.1) is 0 Å². The van der Waals surface area contributed by atoms with Crippen molar-refractivity contribution in [1.29, 1.82) is 0 Å². The molecule has 1 atom stereocenters. The SMILES string of the molecule is Cl.O=S(=O)(NC1CCC2(CC1)CN(C[C@@H]1CCNC1)C2)C(F)(F)F. The molecular weight excluding hydrogens is 367 g/mol. The van der Waals surface area contributed by atoms with Crippen LogP contribution in [0.25, 0.3) is 0 Å². The molecule has 3 rings (SSSR count). The van der Waals surface area contributed by atoms with E-state index < -0.39 is 21.6 Å². The minimum Gasteiger partial charge on any atom is -0.316 e. The van der Waals surface area contributed by atoms with E-state index in [4.69, 9.17) is 0 Å². The van der Waals surface area contributed by atoms with Gasteiger partial charge >= 0.3 is 15.5 Å². The van der Waals surface area contributed by atoms with Crippen molar-refractivity contribution in [3.63, 3.8) is 0 Å². The number of halogens is 4. The molecule has 0 unspecified atom stereocenters. The maximum atomic E-state index is 12.4. The quantitative estimate of drug-likeness (QED) is 0.765. The van der Waals surface area contributed by atoms with Crippen LogP contribution >= 0.6 is 12.4 Å². The van der Waals surface area contributed by atoms with Gasteiger partial charge in [0.1, 0.15) is 0 Å². The number of rotatable bonds is 4. The van der Waals surface area contributed by atoms with Gasteiger partial charge in [-0.15, -0.1) is 12.4 Å². The summed E-state index contributed by atoms with van der Waals surface area (Å²) in [7, 11) is -5.22. The van der Waals surface area contributed by atoms with Gasteiger partial charge in [0.15, 0.2) is 0 Å². The highest BCUT2D eigenvalue weighted by Crippen LogP contribution is 2.44. The molecule has 10 heteroatoms. The van der Waals surface area contributed by atoms with E-state index in [0.717, 1.165) is 45.6 Å². The molecule has 0 radical (unpaired) electrons. The summed E-state index contributed by atoms with van der Waals surface area (Å²) in [4.78, 5) is 2.43. The summed E-state index contributed by atoms with van der Waals surface area (Å²) in [6.45, 7) is 5.26. The van der Waals surface area contributed by atoms with E-state index in [9.17, 15) is 21.6 Å². The Balaban J connectivity index is 0.00000208. The predicted molar refractivity (Wildman–Crippen MR) is 87.5 cm³/mol. The molecule has 3 aliphatic rings. The molecule has 0 bridgehead atoms. The minimum absolute atomic E-state index is 0. The number of nitrogens with zero attached hydrogens (tertiary/aromatic N) is 1. The summed E-state index contributed by atoms with van der Waals surface area (Å²) in [6.07, 6.45) is 3.81. The lowest BCUT2D eigenvalue weighted by Gasteiger charge is -2.54. The predicted octanol–water partition coefficient (Wildman–Crippen LogP) is 1.70. The fourth-order valence-corrected chi connectivity index (χ4v) is 5.03. The number of nitrogens with one attached hydrogen (secondary N) is 2. The van der Waals surface area contributed by atoms with E-state index in [-0.39, 0.29) is 17.8 Å². The number of hydrogen-bond donors (Lipinski definition) is 2. The molecule has 0 aromatic heterocycles. The Bertz CT molecular complexity index is 522. The van der Waals surface area contributed by atoms with Crippen LogP contribution in [0.15, 0.2) is 0 Å². The first-order valence-electron chi connectivity index (χ1n) is 8.21. The van der Waals surface area contributed by atoms with Crippen molar-refractivity contribution in [1.82, 2.24) is 14.9 Å². The second-order valence-corrected chi connectivity index (χ2v) is 9.08. The summed E-state index contributed by atoms with van der Waals surface area (Å²) < 4.78 is 61.3. The molecule has 2 aliphatic heterocycles. The lowest BCUT2D eigenvalue weighted by molar-refractivity contribution is -0.0482. The Morgan fingerprint density at radius 1 is 1.17 bits per heavy atom. The summed E-state index contributed by atoms with van der Waals surface area (Å²) in [6, 6.07) is -0.583. The highest BCUT2D eigenvalue weighted by atomic mass is 35.5. The third kappa shape index (κ3) is 4.35. The van der Waals surface area contributed by atoms with Crippen molar-refractivity contribution < 1.29 is 21.6 Å². The first-order valence-corrected chi connectivity index (χ1v) is 9.69. The van der Waals surface area contributed by atoms with Crippen molar-refractivity contribution in [2.24, 2.45) is 11.3 Å². The number of alkyl halides is 3. The minimum atomic E-state index is -5.22. The summed E-state index contributed by atoms with van der Waals surface area (Å²) >= 11 is 0. The van der Waals surface area contributed by atoms with Crippen molar-refractivity contribution >= 4 is 22.4 Å². The number of hydrogen-bond acceptors (Lipinski definition) is 4. The Kier molecular flexibility index (Phi) is 6.12. The maximum absolute atomic E-state index is 12.4. The van der Waals surface area contributed by atoms with Crippen molar-refractivity contribution in [2.45, 2.75) is 43.7 Å². The van der Waals surface area contributed by atoms with Gasteiger partial charge in [-0.2, -0.15) is 13.2 Å². The second kappa shape index (κ2) is 7.26. The van der Waals surface area contributed by atoms with E-state index in [1.54, 1.807) is 0 Å². The topological polar surface area (TPSA) is 61.4 Å². The molecule has 1 aliphatic carbocycles. The van der Waals surface area contributed by atoms with Gasteiger partial charge < -0.3 is 10.2 Å². The van der Waals surface area contributed by atoms with E-state index in [1.165, 1.54) is 6.42 Å². The highest BCUT2D eigenvalue weighted by molar-refractivity contribution is 7.90. The van der Waals surface area contributed by atoms with Gasteiger partial charge in [0, 0.05) is 25.7 Å². The third-order valence-electron chi connectivity index (χ3n) is 5.47. The zero-order valence-corrected chi connectivity index (χ0v) is 15.1. The van der Waals surface area contributed by atoms with Gasteiger partial charge in [-0.1, -0.05) is 0 Å². The Morgan fingerprint density at radius 2 is 1.79 bits per heavy atom. The van der Waals surface area contributed by atoms with E-state index >= 15 is 0 Å². The van der Waals surface area contributed by atoms with Crippen LogP contribution in [0.3, 0.4) is 0 Å². The monoisotopic (exact) mass is 391 g/mol. The van der Waals surface area contributed by atoms with E-state index in [2.05, 4.69) is 10.2 Å². The first kappa shape index (κ1) is 20.2. The Hall–Kier alpha value is -0.0900. The smallest absolute Gasteiger partial charge is 0.316 e. The van der Waals surface area contributed by atoms with Crippen LogP contribution in [0, 0.1) is 11.3 Å². The summed E-state index contributed by atoms with van der Waals surface area (Å²) in [5.41, 5.74) is -5.02. The first-order chi connectivity index (χ1) is 10.7. The van der Waals surface area contributed by atoms with Crippen LogP contribution in [-0.4, -0.2) is 57.6 Å². The summed E-state index contributed by atoms with van der Waals surface area (Å²) in [5, 5.41) is 3.35. The Labute approximate surface area is 147 Å². The molecule has 5 nitrogen and oxygen atoms in total. The van der Waals surface area contributed by atoms with Gasteiger partial charge in [-0.25, -0.2) is 13.1 Å². The normalized spacial score (nSPS) is 28.5. The average Bonchev–Trinajstić information content (AvgIpc) is 2.90. The van der Waals surface area contributed by atoms with Crippen LogP contribution in [-0.2, 0) is 10.0 Å². The zero-order valence-electron chi connectivity index (χ0n) is 13.4. The molecule has 2 heterocycles. The van der Waals surface area contributed by atoms with Gasteiger partial charge in [-0.05, 0) is 56.5 Å². The fourth-order valence-electron chi connectivity index (χ4n) is 4.22. The van der Waals surface area contributed by atoms with E-state index in [1.807, 2.05) is 4.72 Å². The van der Waals surface area contributed by atoms with Gasteiger partial charge in [0.25, 0.3) is 0 Å². The van der Waals surface area contributed by atoms with Crippen molar-refractivity contribution in [3.8, 4) is 0 Å². The lowest BCUT2D eigenvalue weighted by atomic mass is 9.67. The number of sulfonamides is 1. The second-order valence-electron chi connectivity index (χ2n) is 7.37. The molecule has 0 amide bonds. The molecule has 2 N–H and O–H groups in total. The largest absolute Gasteiger partial charge is 0.511 e. The average molecular weight is 392 g/mol. The molecular formula is C14H25ClF3N3O2S.